The van der Waals surface area contributed by atoms with E-state index in [0.29, 0.717) is 22.6 Å². The van der Waals surface area contributed by atoms with Crippen LogP contribution in [0.25, 0.3) is 0 Å². The molecule has 1 amide bonds. The SMILES string of the molecule is Cc1cc(C(=O)NC(C(=O)O)c2ccc(C)c(C)c2)c(C)o1. The van der Waals surface area contributed by atoms with Crippen LogP contribution >= 0.6 is 0 Å². The molecule has 2 N–H and O–H groups in total. The highest BCUT2D eigenvalue weighted by atomic mass is 16.4. The van der Waals surface area contributed by atoms with Crippen molar-refractivity contribution in [2.75, 3.05) is 0 Å². The van der Waals surface area contributed by atoms with E-state index in [2.05, 4.69) is 5.32 Å². The van der Waals surface area contributed by atoms with Gasteiger partial charge in [0.25, 0.3) is 5.91 Å². The van der Waals surface area contributed by atoms with Crippen LogP contribution in [0, 0.1) is 27.7 Å². The van der Waals surface area contributed by atoms with Gasteiger partial charge in [-0.15, -0.1) is 0 Å². The van der Waals surface area contributed by atoms with E-state index in [4.69, 9.17) is 4.42 Å². The van der Waals surface area contributed by atoms with E-state index in [0.717, 1.165) is 11.1 Å². The largest absolute Gasteiger partial charge is 0.479 e. The van der Waals surface area contributed by atoms with E-state index < -0.39 is 17.9 Å². The number of aliphatic carboxylic acids is 1. The summed E-state index contributed by atoms with van der Waals surface area (Å²) in [5, 5.41) is 12.0. The van der Waals surface area contributed by atoms with E-state index in [1.807, 2.05) is 19.9 Å². The van der Waals surface area contributed by atoms with E-state index >= 15 is 0 Å². The van der Waals surface area contributed by atoms with Crippen LogP contribution in [-0.2, 0) is 4.79 Å². The lowest BCUT2D eigenvalue weighted by atomic mass is 10.0. The van der Waals surface area contributed by atoms with Crippen molar-refractivity contribution in [1.82, 2.24) is 5.32 Å². The molecular formula is C17H19NO4. The van der Waals surface area contributed by atoms with Crippen LogP contribution in [0.2, 0.25) is 0 Å². The van der Waals surface area contributed by atoms with Crippen LogP contribution in [0.3, 0.4) is 0 Å². The molecule has 2 aromatic rings. The first-order chi connectivity index (χ1) is 10.3. The topological polar surface area (TPSA) is 79.5 Å². The number of hydrogen-bond donors (Lipinski definition) is 2. The minimum atomic E-state index is -1.10. The maximum Gasteiger partial charge on any atom is 0.330 e. The fourth-order valence-corrected chi connectivity index (χ4v) is 2.30. The molecule has 0 bridgehead atoms. The van der Waals surface area contributed by atoms with Crippen molar-refractivity contribution >= 4 is 11.9 Å². The van der Waals surface area contributed by atoms with Gasteiger partial charge in [0.2, 0.25) is 0 Å². The molecule has 1 aromatic heterocycles. The van der Waals surface area contributed by atoms with Gasteiger partial charge in [0.1, 0.15) is 11.5 Å². The number of rotatable bonds is 4. The van der Waals surface area contributed by atoms with Crippen LogP contribution in [0.1, 0.15) is 44.6 Å². The molecule has 0 spiro atoms. The van der Waals surface area contributed by atoms with Gasteiger partial charge in [-0.1, -0.05) is 18.2 Å². The van der Waals surface area contributed by atoms with Crippen molar-refractivity contribution in [3.05, 3.63) is 58.0 Å². The first-order valence-corrected chi connectivity index (χ1v) is 6.97. The first-order valence-electron chi connectivity index (χ1n) is 6.97. The number of benzene rings is 1. The molecular weight excluding hydrogens is 282 g/mol. The number of nitrogens with one attached hydrogen (secondary N) is 1. The van der Waals surface area contributed by atoms with Gasteiger partial charge < -0.3 is 14.8 Å². The third kappa shape index (κ3) is 3.19. The number of carbonyl (C=O) groups excluding carboxylic acids is 1. The van der Waals surface area contributed by atoms with E-state index in [9.17, 15) is 14.7 Å². The second-order valence-electron chi connectivity index (χ2n) is 5.42. The Morgan fingerprint density at radius 1 is 1.09 bits per heavy atom. The molecule has 1 aromatic carbocycles. The number of aryl methyl sites for hydroxylation is 4. The second kappa shape index (κ2) is 6.05. The molecule has 0 aliphatic carbocycles. The van der Waals surface area contributed by atoms with Crippen molar-refractivity contribution in [3.63, 3.8) is 0 Å². The van der Waals surface area contributed by atoms with Gasteiger partial charge in [-0.2, -0.15) is 0 Å². The maximum absolute atomic E-state index is 12.3. The lowest BCUT2D eigenvalue weighted by Gasteiger charge is -2.16. The summed E-state index contributed by atoms with van der Waals surface area (Å²) >= 11 is 0. The minimum Gasteiger partial charge on any atom is -0.479 e. The molecule has 5 nitrogen and oxygen atoms in total. The van der Waals surface area contributed by atoms with Crippen LogP contribution in [0.15, 0.2) is 28.7 Å². The predicted octanol–water partition coefficient (Wildman–Crippen LogP) is 3.07. The zero-order chi connectivity index (χ0) is 16.4. The highest BCUT2D eigenvalue weighted by Crippen LogP contribution is 2.20. The summed E-state index contributed by atoms with van der Waals surface area (Å²) in [6.07, 6.45) is 0. The Balaban J connectivity index is 2.29. The monoisotopic (exact) mass is 301 g/mol. The molecule has 5 heteroatoms. The van der Waals surface area contributed by atoms with E-state index in [-0.39, 0.29) is 0 Å². The van der Waals surface area contributed by atoms with Crippen LogP contribution in [-0.4, -0.2) is 17.0 Å². The van der Waals surface area contributed by atoms with Crippen LogP contribution < -0.4 is 5.32 Å². The molecule has 0 aliphatic rings. The van der Waals surface area contributed by atoms with Crippen LogP contribution in [0.4, 0.5) is 0 Å². The van der Waals surface area contributed by atoms with Gasteiger partial charge >= 0.3 is 5.97 Å². The summed E-state index contributed by atoms with van der Waals surface area (Å²) in [5.74, 6) is -0.477. The van der Waals surface area contributed by atoms with Crippen molar-refractivity contribution < 1.29 is 19.1 Å². The summed E-state index contributed by atoms with van der Waals surface area (Å²) in [7, 11) is 0. The van der Waals surface area contributed by atoms with Gasteiger partial charge in [0.05, 0.1) is 5.56 Å². The molecule has 0 saturated heterocycles. The molecule has 1 atom stereocenters. The number of furan rings is 1. The summed E-state index contributed by atoms with van der Waals surface area (Å²) in [6, 6.07) is 5.85. The van der Waals surface area contributed by atoms with Gasteiger partial charge in [-0.3, -0.25) is 4.79 Å². The molecule has 0 aliphatic heterocycles. The number of hydrogen-bond acceptors (Lipinski definition) is 3. The normalized spacial score (nSPS) is 12.0. The predicted molar refractivity (Wildman–Crippen MR) is 81.9 cm³/mol. The molecule has 1 unspecified atom stereocenters. The highest BCUT2D eigenvalue weighted by Gasteiger charge is 2.24. The zero-order valence-corrected chi connectivity index (χ0v) is 13.1. The molecule has 2 rings (SSSR count). The Bertz CT molecular complexity index is 730. The maximum atomic E-state index is 12.3. The lowest BCUT2D eigenvalue weighted by Crippen LogP contribution is -2.34. The Labute approximate surface area is 129 Å². The Kier molecular flexibility index (Phi) is 4.35. The van der Waals surface area contributed by atoms with Gasteiger partial charge in [0, 0.05) is 0 Å². The number of carboxylic acids is 1. The highest BCUT2D eigenvalue weighted by molar-refractivity contribution is 5.97. The summed E-state index contributed by atoms with van der Waals surface area (Å²) in [4.78, 5) is 23.8. The lowest BCUT2D eigenvalue weighted by molar-refractivity contribution is -0.139. The summed E-state index contributed by atoms with van der Waals surface area (Å²) in [5.41, 5.74) is 2.95. The zero-order valence-electron chi connectivity index (χ0n) is 13.1. The van der Waals surface area contributed by atoms with Gasteiger partial charge in [-0.05, 0) is 50.5 Å². The molecule has 116 valence electrons. The Hall–Kier alpha value is -2.56. The van der Waals surface area contributed by atoms with E-state index in [1.165, 1.54) is 0 Å². The summed E-state index contributed by atoms with van der Waals surface area (Å²) < 4.78 is 5.31. The van der Waals surface area contributed by atoms with Crippen molar-refractivity contribution in [1.29, 1.82) is 0 Å². The average molecular weight is 301 g/mol. The van der Waals surface area contributed by atoms with Crippen LogP contribution in [0.5, 0.6) is 0 Å². The number of carbonyl (C=O) groups is 2. The third-order valence-electron chi connectivity index (χ3n) is 3.67. The summed E-state index contributed by atoms with van der Waals surface area (Å²) in [6.45, 7) is 7.27. The Morgan fingerprint density at radius 3 is 2.27 bits per heavy atom. The average Bonchev–Trinajstić information content (AvgIpc) is 2.78. The second-order valence-corrected chi connectivity index (χ2v) is 5.42. The Morgan fingerprint density at radius 2 is 1.77 bits per heavy atom. The van der Waals surface area contributed by atoms with E-state index in [1.54, 1.807) is 32.0 Å². The quantitative estimate of drug-likeness (QED) is 0.909. The van der Waals surface area contributed by atoms with Crippen molar-refractivity contribution in [2.24, 2.45) is 0 Å². The van der Waals surface area contributed by atoms with Gasteiger partial charge in [0.15, 0.2) is 6.04 Å². The minimum absolute atomic E-state index is 0.354. The molecule has 0 saturated carbocycles. The number of carboxylic acid groups (broad SMARTS) is 1. The standard InChI is InChI=1S/C17H19NO4/c1-9-5-6-13(7-10(9)2)15(17(20)21)18-16(19)14-8-11(3)22-12(14)4/h5-8,15H,1-4H3,(H,18,19)(H,20,21). The molecule has 22 heavy (non-hydrogen) atoms. The third-order valence-corrected chi connectivity index (χ3v) is 3.67. The number of amides is 1. The van der Waals surface area contributed by atoms with Gasteiger partial charge in [-0.25, -0.2) is 4.79 Å². The first kappa shape index (κ1) is 15.8. The molecule has 0 fully saturated rings. The smallest absolute Gasteiger partial charge is 0.330 e. The fraction of sp³-hybridized carbons (Fsp3) is 0.294. The van der Waals surface area contributed by atoms with Crippen molar-refractivity contribution in [2.45, 2.75) is 33.7 Å². The van der Waals surface area contributed by atoms with Crippen molar-refractivity contribution in [3.8, 4) is 0 Å². The molecule has 0 radical (unpaired) electrons. The molecule has 1 heterocycles. The fourth-order valence-electron chi connectivity index (χ4n) is 2.30.